The zero-order valence-electron chi connectivity index (χ0n) is 18.4. The summed E-state index contributed by atoms with van der Waals surface area (Å²) >= 11 is 7.55. The monoisotopic (exact) mass is 533 g/mol. The van der Waals surface area contributed by atoms with E-state index in [0.717, 1.165) is 42.0 Å². The third-order valence-electron chi connectivity index (χ3n) is 5.61. The van der Waals surface area contributed by atoms with Gasteiger partial charge in [0, 0.05) is 36.8 Å². The molecule has 11 heteroatoms. The lowest BCUT2D eigenvalue weighted by molar-refractivity contribution is -0.137. The number of amides is 1. The SMILES string of the molecule is Cc1c(Cl)ccc2sc(N(CCCN3CCOCC3)C(=O)c3cccc(C(F)(F)F)c3)nc12.Cl. The van der Waals surface area contributed by atoms with Crippen LogP contribution in [0.15, 0.2) is 36.4 Å². The lowest BCUT2D eigenvalue weighted by atomic mass is 10.1. The van der Waals surface area contributed by atoms with Crippen LogP contribution in [-0.4, -0.2) is 55.2 Å². The van der Waals surface area contributed by atoms with E-state index in [1.54, 1.807) is 6.07 Å². The Morgan fingerprint density at radius 1 is 1.24 bits per heavy atom. The van der Waals surface area contributed by atoms with Crippen molar-refractivity contribution in [1.82, 2.24) is 9.88 Å². The maximum Gasteiger partial charge on any atom is 0.416 e. The molecule has 0 spiro atoms. The lowest BCUT2D eigenvalue weighted by Gasteiger charge is -2.27. The van der Waals surface area contributed by atoms with Crippen molar-refractivity contribution >= 4 is 56.6 Å². The van der Waals surface area contributed by atoms with E-state index in [4.69, 9.17) is 16.3 Å². The summed E-state index contributed by atoms with van der Waals surface area (Å²) in [5, 5.41) is 1.02. The van der Waals surface area contributed by atoms with Crippen LogP contribution in [0.2, 0.25) is 5.02 Å². The normalized spacial score (nSPS) is 14.7. The fraction of sp³-hybridized carbons (Fsp3) is 0.391. The van der Waals surface area contributed by atoms with Gasteiger partial charge in [-0.05, 0) is 49.2 Å². The van der Waals surface area contributed by atoms with E-state index in [1.807, 2.05) is 13.0 Å². The van der Waals surface area contributed by atoms with Crippen molar-refractivity contribution in [2.45, 2.75) is 19.5 Å². The van der Waals surface area contributed by atoms with E-state index < -0.39 is 17.6 Å². The number of rotatable bonds is 6. The number of carbonyl (C=O) groups is 1. The van der Waals surface area contributed by atoms with Gasteiger partial charge in [-0.2, -0.15) is 13.2 Å². The van der Waals surface area contributed by atoms with Gasteiger partial charge in [0.25, 0.3) is 5.91 Å². The highest BCUT2D eigenvalue weighted by Crippen LogP contribution is 2.35. The molecule has 2 heterocycles. The number of aromatic nitrogens is 1. The molecule has 3 aromatic rings. The first kappa shape index (κ1) is 26.7. The van der Waals surface area contributed by atoms with Crippen molar-refractivity contribution < 1.29 is 22.7 Å². The molecule has 1 fully saturated rings. The Kier molecular flexibility index (Phi) is 8.81. The predicted octanol–water partition coefficient (Wildman–Crippen LogP) is 6.07. The van der Waals surface area contributed by atoms with Gasteiger partial charge in [0.05, 0.1) is 29.0 Å². The van der Waals surface area contributed by atoms with Crippen LogP contribution in [0.3, 0.4) is 0 Å². The molecule has 0 N–H and O–H groups in total. The van der Waals surface area contributed by atoms with E-state index in [9.17, 15) is 18.0 Å². The number of aryl methyl sites for hydroxylation is 1. The number of ether oxygens (including phenoxy) is 1. The fourth-order valence-corrected chi connectivity index (χ4v) is 4.95. The summed E-state index contributed by atoms with van der Waals surface area (Å²) in [6.07, 6.45) is -3.87. The van der Waals surface area contributed by atoms with Crippen molar-refractivity contribution in [3.05, 3.63) is 58.1 Å². The van der Waals surface area contributed by atoms with Gasteiger partial charge in [-0.25, -0.2) is 4.98 Å². The molecule has 1 saturated heterocycles. The average molecular weight is 534 g/mol. The molecule has 5 nitrogen and oxygen atoms in total. The standard InChI is InChI=1S/C23H23ClF3N3O2S.ClH/c1-15-18(24)6-7-19-20(15)28-22(33-19)30(9-3-8-29-10-12-32-13-11-29)21(31)16-4-2-5-17(14-16)23(25,26)27;/h2,4-7,14H,3,8-13H2,1H3;1H. The second-order valence-electron chi connectivity index (χ2n) is 7.86. The Labute approximate surface area is 210 Å². The van der Waals surface area contributed by atoms with Gasteiger partial charge in [0.15, 0.2) is 5.13 Å². The minimum absolute atomic E-state index is 0. The molecule has 184 valence electrons. The summed E-state index contributed by atoms with van der Waals surface area (Å²) < 4.78 is 45.9. The van der Waals surface area contributed by atoms with Crippen molar-refractivity contribution in [3.63, 3.8) is 0 Å². The maximum absolute atomic E-state index is 13.4. The summed E-state index contributed by atoms with van der Waals surface area (Å²) in [5.41, 5.74) is 0.618. The molecule has 0 unspecified atom stereocenters. The smallest absolute Gasteiger partial charge is 0.379 e. The number of hydrogen-bond acceptors (Lipinski definition) is 5. The number of alkyl halides is 3. The molecule has 0 aliphatic carbocycles. The quantitative estimate of drug-likeness (QED) is 0.385. The van der Waals surface area contributed by atoms with Crippen molar-refractivity contribution in [3.8, 4) is 0 Å². The lowest BCUT2D eigenvalue weighted by Crippen LogP contribution is -2.39. The number of thiazole rings is 1. The van der Waals surface area contributed by atoms with Crippen LogP contribution in [0.4, 0.5) is 18.3 Å². The van der Waals surface area contributed by atoms with Crippen molar-refractivity contribution in [2.24, 2.45) is 0 Å². The van der Waals surface area contributed by atoms with Crippen molar-refractivity contribution in [2.75, 3.05) is 44.3 Å². The molecule has 4 rings (SSSR count). The van der Waals surface area contributed by atoms with Crippen LogP contribution in [0.1, 0.15) is 27.9 Å². The number of fused-ring (bicyclic) bond motifs is 1. The molecule has 1 amide bonds. The minimum Gasteiger partial charge on any atom is -0.379 e. The summed E-state index contributed by atoms with van der Waals surface area (Å²) in [7, 11) is 0. The zero-order valence-corrected chi connectivity index (χ0v) is 20.8. The van der Waals surface area contributed by atoms with Gasteiger partial charge in [0.2, 0.25) is 0 Å². The van der Waals surface area contributed by atoms with E-state index in [2.05, 4.69) is 9.88 Å². The van der Waals surface area contributed by atoms with E-state index >= 15 is 0 Å². The molecule has 2 aromatic carbocycles. The van der Waals surface area contributed by atoms with Crippen LogP contribution in [0.5, 0.6) is 0 Å². The third-order valence-corrected chi connectivity index (χ3v) is 7.06. The predicted molar refractivity (Wildman–Crippen MR) is 132 cm³/mol. The highest BCUT2D eigenvalue weighted by molar-refractivity contribution is 7.22. The van der Waals surface area contributed by atoms with Gasteiger partial charge in [-0.1, -0.05) is 29.0 Å². The topological polar surface area (TPSA) is 45.7 Å². The zero-order chi connectivity index (χ0) is 23.6. The molecule has 1 aliphatic rings. The number of benzene rings is 2. The second kappa shape index (κ2) is 11.2. The van der Waals surface area contributed by atoms with Gasteiger partial charge >= 0.3 is 6.18 Å². The largest absolute Gasteiger partial charge is 0.416 e. The minimum atomic E-state index is -4.53. The number of carbonyl (C=O) groups excluding carboxylic acids is 1. The Morgan fingerprint density at radius 2 is 1.97 bits per heavy atom. The van der Waals surface area contributed by atoms with E-state index in [-0.39, 0.29) is 18.0 Å². The molecule has 0 radical (unpaired) electrons. The fourth-order valence-electron chi connectivity index (χ4n) is 3.75. The molecular formula is C23H24Cl2F3N3O2S. The highest BCUT2D eigenvalue weighted by atomic mass is 35.5. The summed E-state index contributed by atoms with van der Waals surface area (Å²) in [4.78, 5) is 21.8. The average Bonchev–Trinajstić information content (AvgIpc) is 3.24. The summed E-state index contributed by atoms with van der Waals surface area (Å²) in [5.74, 6) is -0.508. The molecule has 34 heavy (non-hydrogen) atoms. The number of halogens is 5. The Hall–Kier alpha value is -1.91. The molecule has 0 saturated carbocycles. The van der Waals surface area contributed by atoms with Crippen LogP contribution >= 0.6 is 35.3 Å². The van der Waals surface area contributed by atoms with Gasteiger partial charge < -0.3 is 4.74 Å². The van der Waals surface area contributed by atoms with Crippen LogP contribution < -0.4 is 4.90 Å². The van der Waals surface area contributed by atoms with Gasteiger partial charge in [-0.15, -0.1) is 12.4 Å². The number of nitrogens with zero attached hydrogens (tertiary/aromatic N) is 3. The first-order valence-corrected chi connectivity index (χ1v) is 11.8. The molecule has 1 aromatic heterocycles. The number of hydrogen-bond donors (Lipinski definition) is 0. The summed E-state index contributed by atoms with van der Waals surface area (Å²) in [6.45, 7) is 5.92. The number of morpholine rings is 1. The molecule has 0 bridgehead atoms. The second-order valence-corrected chi connectivity index (χ2v) is 9.27. The van der Waals surface area contributed by atoms with Crippen LogP contribution in [-0.2, 0) is 10.9 Å². The first-order chi connectivity index (χ1) is 15.7. The van der Waals surface area contributed by atoms with E-state index in [0.29, 0.717) is 41.9 Å². The Bertz CT molecular complexity index is 1150. The van der Waals surface area contributed by atoms with Gasteiger partial charge in [-0.3, -0.25) is 14.6 Å². The van der Waals surface area contributed by atoms with E-state index in [1.165, 1.54) is 28.4 Å². The summed E-state index contributed by atoms with van der Waals surface area (Å²) in [6, 6.07) is 8.13. The molecular weight excluding hydrogens is 510 g/mol. The maximum atomic E-state index is 13.4. The first-order valence-electron chi connectivity index (χ1n) is 10.6. The van der Waals surface area contributed by atoms with Gasteiger partial charge in [0.1, 0.15) is 0 Å². The highest BCUT2D eigenvalue weighted by Gasteiger charge is 2.32. The van der Waals surface area contributed by atoms with Crippen LogP contribution in [0.25, 0.3) is 10.2 Å². The Morgan fingerprint density at radius 3 is 2.68 bits per heavy atom. The molecule has 1 aliphatic heterocycles. The van der Waals surface area contributed by atoms with Crippen molar-refractivity contribution in [1.29, 1.82) is 0 Å². The third kappa shape index (κ3) is 6.01. The number of anilines is 1. The van der Waals surface area contributed by atoms with Crippen LogP contribution in [0, 0.1) is 6.92 Å². The molecule has 0 atom stereocenters. The Balaban J connectivity index is 0.00000324.